The van der Waals surface area contributed by atoms with Gasteiger partial charge in [0.1, 0.15) is 0 Å². The number of amides is 1. The highest BCUT2D eigenvalue weighted by Gasteiger charge is 2.40. The maximum Gasteiger partial charge on any atom is 0.254 e. The molecule has 2 heterocycles. The van der Waals surface area contributed by atoms with Crippen LogP contribution in [0.4, 0.5) is 0 Å². The van der Waals surface area contributed by atoms with Gasteiger partial charge < -0.3 is 4.90 Å². The number of piperidine rings is 1. The van der Waals surface area contributed by atoms with E-state index in [1.165, 1.54) is 11.1 Å². The molecule has 1 amide bonds. The molecule has 2 heteroatoms. The van der Waals surface area contributed by atoms with Crippen molar-refractivity contribution in [1.82, 2.24) is 4.90 Å². The monoisotopic (exact) mass is 303 g/mol. The molecule has 2 nitrogen and oxygen atoms in total. The summed E-state index contributed by atoms with van der Waals surface area (Å²) in [5.41, 5.74) is 4.44. The third-order valence-electron chi connectivity index (χ3n) is 5.14. The zero-order valence-corrected chi connectivity index (χ0v) is 13.2. The van der Waals surface area contributed by atoms with Gasteiger partial charge in [-0.25, -0.2) is 0 Å². The first-order valence-electron chi connectivity index (χ1n) is 8.37. The molecular formula is C21H21NO. The summed E-state index contributed by atoms with van der Waals surface area (Å²) in [4.78, 5) is 15.0. The zero-order valence-electron chi connectivity index (χ0n) is 13.2. The molecule has 2 aliphatic rings. The van der Waals surface area contributed by atoms with Crippen molar-refractivity contribution in [1.29, 1.82) is 0 Å². The maximum absolute atomic E-state index is 12.9. The van der Waals surface area contributed by atoms with Crippen LogP contribution in [0.1, 0.15) is 36.0 Å². The lowest BCUT2D eigenvalue weighted by atomic mass is 9.96. The van der Waals surface area contributed by atoms with E-state index in [1.54, 1.807) is 0 Å². The van der Waals surface area contributed by atoms with Gasteiger partial charge in [-0.05, 0) is 48.9 Å². The molecule has 23 heavy (non-hydrogen) atoms. The minimum atomic E-state index is 0.185. The van der Waals surface area contributed by atoms with Crippen LogP contribution in [-0.4, -0.2) is 22.9 Å². The molecule has 0 radical (unpaired) electrons. The summed E-state index contributed by atoms with van der Waals surface area (Å²) in [7, 11) is 0. The van der Waals surface area contributed by atoms with Crippen LogP contribution in [0, 0.1) is 0 Å². The molecule has 2 saturated heterocycles. The normalized spacial score (nSPS) is 23.1. The second-order valence-electron chi connectivity index (χ2n) is 6.70. The average molecular weight is 303 g/mol. The van der Waals surface area contributed by atoms with Gasteiger partial charge in [0.05, 0.1) is 0 Å². The number of carbonyl (C=O) groups is 1. The molecular weight excluding hydrogens is 282 g/mol. The van der Waals surface area contributed by atoms with Crippen LogP contribution in [0.2, 0.25) is 0 Å². The van der Waals surface area contributed by atoms with Crippen molar-refractivity contribution in [2.45, 2.75) is 37.8 Å². The lowest BCUT2D eigenvalue weighted by molar-refractivity contribution is 0.0635. The molecule has 2 aliphatic heterocycles. The Hall–Kier alpha value is -2.35. The number of hydrogen-bond acceptors (Lipinski definition) is 1. The highest BCUT2D eigenvalue weighted by atomic mass is 16.2. The maximum atomic E-state index is 12.9. The van der Waals surface area contributed by atoms with E-state index in [0.29, 0.717) is 12.1 Å². The largest absolute Gasteiger partial charge is 0.332 e. The van der Waals surface area contributed by atoms with E-state index in [1.807, 2.05) is 42.5 Å². The number of fused-ring (bicyclic) bond motifs is 2. The second kappa shape index (κ2) is 5.69. The quantitative estimate of drug-likeness (QED) is 0.738. The lowest BCUT2D eigenvalue weighted by Gasteiger charge is -2.36. The Morgan fingerprint density at radius 1 is 0.870 bits per heavy atom. The van der Waals surface area contributed by atoms with E-state index >= 15 is 0 Å². The summed E-state index contributed by atoms with van der Waals surface area (Å²) in [6, 6.07) is 19.0. The van der Waals surface area contributed by atoms with Crippen molar-refractivity contribution in [3.8, 4) is 11.1 Å². The van der Waals surface area contributed by atoms with Gasteiger partial charge >= 0.3 is 0 Å². The number of carbonyl (C=O) groups excluding carboxylic acids is 1. The fraction of sp³-hybridized carbons (Fsp3) is 0.286. The SMILES string of the molecule is C=C1CC2CCC(C1)N2C(=O)c1ccc(-c2ccccc2)cc1. The predicted molar refractivity (Wildman–Crippen MR) is 93.2 cm³/mol. The van der Waals surface area contributed by atoms with E-state index in [9.17, 15) is 4.79 Å². The van der Waals surface area contributed by atoms with Crippen LogP contribution >= 0.6 is 0 Å². The highest BCUT2D eigenvalue weighted by molar-refractivity contribution is 5.95. The Bertz CT molecular complexity index is 716. The number of rotatable bonds is 2. The van der Waals surface area contributed by atoms with E-state index in [2.05, 4.69) is 23.6 Å². The summed E-state index contributed by atoms with van der Waals surface area (Å²) >= 11 is 0. The second-order valence-corrected chi connectivity index (χ2v) is 6.70. The summed E-state index contributed by atoms with van der Waals surface area (Å²) in [5.74, 6) is 0.185. The lowest BCUT2D eigenvalue weighted by Crippen LogP contribution is -2.44. The highest BCUT2D eigenvalue weighted by Crippen LogP contribution is 2.38. The minimum Gasteiger partial charge on any atom is -0.332 e. The van der Waals surface area contributed by atoms with Gasteiger partial charge in [0.2, 0.25) is 0 Å². The predicted octanol–water partition coefficient (Wildman–Crippen LogP) is 4.68. The van der Waals surface area contributed by atoms with Gasteiger partial charge in [0, 0.05) is 17.6 Å². The van der Waals surface area contributed by atoms with Gasteiger partial charge in [0.15, 0.2) is 0 Å². The van der Waals surface area contributed by atoms with Crippen molar-refractivity contribution in [3.63, 3.8) is 0 Å². The van der Waals surface area contributed by atoms with Crippen molar-refractivity contribution in [2.75, 3.05) is 0 Å². The first-order valence-corrected chi connectivity index (χ1v) is 8.37. The molecule has 0 aliphatic carbocycles. The number of nitrogens with zero attached hydrogens (tertiary/aromatic N) is 1. The molecule has 0 aromatic heterocycles. The van der Waals surface area contributed by atoms with E-state index in [-0.39, 0.29) is 5.91 Å². The molecule has 4 rings (SSSR count). The van der Waals surface area contributed by atoms with Crippen molar-refractivity contribution in [3.05, 3.63) is 72.3 Å². The van der Waals surface area contributed by atoms with Crippen LogP contribution in [0.25, 0.3) is 11.1 Å². The van der Waals surface area contributed by atoms with Crippen LogP contribution in [0.3, 0.4) is 0 Å². The third-order valence-corrected chi connectivity index (χ3v) is 5.14. The van der Waals surface area contributed by atoms with E-state index < -0.39 is 0 Å². The Kier molecular flexibility index (Phi) is 3.53. The van der Waals surface area contributed by atoms with Crippen molar-refractivity contribution in [2.24, 2.45) is 0 Å². The first-order chi connectivity index (χ1) is 11.2. The summed E-state index contributed by atoms with van der Waals surface area (Å²) < 4.78 is 0. The van der Waals surface area contributed by atoms with Gasteiger partial charge in [-0.1, -0.05) is 54.6 Å². The Labute approximate surface area is 137 Å². The minimum absolute atomic E-state index is 0.185. The van der Waals surface area contributed by atoms with Crippen LogP contribution in [0.5, 0.6) is 0 Å². The topological polar surface area (TPSA) is 20.3 Å². The molecule has 0 spiro atoms. The van der Waals surface area contributed by atoms with Crippen LogP contribution in [0.15, 0.2) is 66.7 Å². The molecule has 116 valence electrons. The van der Waals surface area contributed by atoms with E-state index in [0.717, 1.165) is 36.8 Å². The van der Waals surface area contributed by atoms with Gasteiger partial charge in [-0.15, -0.1) is 0 Å². The molecule has 2 unspecified atom stereocenters. The fourth-order valence-electron chi connectivity index (χ4n) is 4.03. The Morgan fingerprint density at radius 2 is 1.43 bits per heavy atom. The van der Waals surface area contributed by atoms with Gasteiger partial charge in [-0.2, -0.15) is 0 Å². The molecule has 2 atom stereocenters. The van der Waals surface area contributed by atoms with E-state index in [4.69, 9.17) is 0 Å². The Balaban J connectivity index is 1.57. The van der Waals surface area contributed by atoms with Gasteiger partial charge in [-0.3, -0.25) is 4.79 Å². The van der Waals surface area contributed by atoms with Crippen LogP contribution < -0.4 is 0 Å². The third kappa shape index (κ3) is 2.59. The number of benzene rings is 2. The number of hydrogen-bond donors (Lipinski definition) is 0. The smallest absolute Gasteiger partial charge is 0.254 e. The molecule has 2 aromatic carbocycles. The summed E-state index contributed by atoms with van der Waals surface area (Å²) in [6.45, 7) is 4.13. The Morgan fingerprint density at radius 3 is 2.04 bits per heavy atom. The molecule has 2 bridgehead atoms. The summed E-state index contributed by atoms with van der Waals surface area (Å²) in [5, 5.41) is 0. The molecule has 0 N–H and O–H groups in total. The first kappa shape index (κ1) is 14.3. The molecule has 2 fully saturated rings. The average Bonchev–Trinajstić information content (AvgIpc) is 2.86. The zero-order chi connectivity index (χ0) is 15.8. The van der Waals surface area contributed by atoms with Crippen LogP contribution in [-0.2, 0) is 0 Å². The standard InChI is InChI=1S/C21H21NO/c1-15-13-19-11-12-20(14-15)22(19)21(23)18-9-7-17(8-10-18)16-5-3-2-4-6-16/h2-10,19-20H,1,11-14H2. The van der Waals surface area contributed by atoms with Crippen molar-refractivity contribution >= 4 is 5.91 Å². The van der Waals surface area contributed by atoms with Gasteiger partial charge in [0.25, 0.3) is 5.91 Å². The molecule has 0 saturated carbocycles. The van der Waals surface area contributed by atoms with Crippen molar-refractivity contribution < 1.29 is 4.79 Å². The molecule has 2 aromatic rings. The fourth-order valence-corrected chi connectivity index (χ4v) is 4.03. The summed E-state index contributed by atoms with van der Waals surface area (Å²) in [6.07, 6.45) is 4.20.